The Balaban J connectivity index is 1.99. The summed E-state index contributed by atoms with van der Waals surface area (Å²) >= 11 is 0. The van der Waals surface area contributed by atoms with E-state index in [-0.39, 0.29) is 29.5 Å². The summed E-state index contributed by atoms with van der Waals surface area (Å²) in [4.78, 5) is 6.54. The summed E-state index contributed by atoms with van der Waals surface area (Å²) in [5, 5.41) is 6.29. The first-order valence-electron chi connectivity index (χ1n) is 9.99. The van der Waals surface area contributed by atoms with Gasteiger partial charge in [0.1, 0.15) is 0 Å². The van der Waals surface area contributed by atoms with E-state index in [1.165, 1.54) is 0 Å². The first-order chi connectivity index (χ1) is 14.3. The summed E-state index contributed by atoms with van der Waals surface area (Å²) in [5.41, 5.74) is 0.486. The van der Waals surface area contributed by atoms with E-state index in [2.05, 4.69) is 25.3 Å². The molecule has 0 saturated carbocycles. The van der Waals surface area contributed by atoms with Crippen LogP contribution in [-0.2, 0) is 16.4 Å². The fourth-order valence-electron chi connectivity index (χ4n) is 2.99. The standard InChI is InChI=1S/C19H30F2N4O4S/c1-3-22-19(23-8-9-25-10-12-30(26,27)13-11-25)24-14-15-6-5-7-16(28-4-2)17(15)29-18(20)21/h5-7,18H,3-4,8-14H2,1-2H3,(H2,22,23,24). The Morgan fingerprint density at radius 2 is 1.97 bits per heavy atom. The van der Waals surface area contributed by atoms with E-state index >= 15 is 0 Å². The molecule has 0 radical (unpaired) electrons. The van der Waals surface area contributed by atoms with Crippen molar-refractivity contribution in [3.05, 3.63) is 23.8 Å². The fourth-order valence-corrected chi connectivity index (χ4v) is 4.27. The van der Waals surface area contributed by atoms with Gasteiger partial charge < -0.3 is 20.1 Å². The Bertz CT molecular complexity index is 792. The van der Waals surface area contributed by atoms with Crippen molar-refractivity contribution in [1.29, 1.82) is 0 Å². The lowest BCUT2D eigenvalue weighted by Crippen LogP contribution is -2.45. The molecule has 2 rings (SSSR count). The second kappa shape index (κ2) is 11.9. The van der Waals surface area contributed by atoms with Crippen molar-refractivity contribution in [3.8, 4) is 11.5 Å². The van der Waals surface area contributed by atoms with Gasteiger partial charge in [0.05, 0.1) is 24.7 Å². The topological polar surface area (TPSA) is 92.3 Å². The number of sulfone groups is 1. The number of guanidine groups is 1. The lowest BCUT2D eigenvalue weighted by atomic mass is 10.2. The number of rotatable bonds is 10. The van der Waals surface area contributed by atoms with Gasteiger partial charge in [0, 0.05) is 38.3 Å². The zero-order chi connectivity index (χ0) is 22.0. The molecule has 0 aromatic heterocycles. The van der Waals surface area contributed by atoms with Crippen LogP contribution in [0.15, 0.2) is 23.2 Å². The zero-order valence-corrected chi connectivity index (χ0v) is 18.2. The second-order valence-electron chi connectivity index (χ2n) is 6.67. The van der Waals surface area contributed by atoms with Gasteiger partial charge in [0.2, 0.25) is 0 Å². The minimum atomic E-state index is -2.96. The van der Waals surface area contributed by atoms with Crippen molar-refractivity contribution in [1.82, 2.24) is 15.5 Å². The van der Waals surface area contributed by atoms with E-state index in [1.807, 2.05) is 6.92 Å². The van der Waals surface area contributed by atoms with Crippen molar-refractivity contribution < 1.29 is 26.7 Å². The highest BCUT2D eigenvalue weighted by molar-refractivity contribution is 7.91. The van der Waals surface area contributed by atoms with E-state index in [4.69, 9.17) is 4.74 Å². The smallest absolute Gasteiger partial charge is 0.387 e. The molecule has 0 spiro atoms. The number of nitrogens with one attached hydrogen (secondary N) is 2. The molecular formula is C19H30F2N4O4S. The number of halogens is 2. The van der Waals surface area contributed by atoms with Gasteiger partial charge in [-0.3, -0.25) is 4.90 Å². The number of hydrogen-bond acceptors (Lipinski definition) is 6. The molecule has 1 fully saturated rings. The molecule has 170 valence electrons. The number of benzene rings is 1. The first kappa shape index (κ1) is 24.1. The van der Waals surface area contributed by atoms with Gasteiger partial charge in [-0.15, -0.1) is 0 Å². The number of aliphatic imine (C=N–C) groups is 1. The molecule has 1 aromatic carbocycles. The largest absolute Gasteiger partial charge is 0.490 e. The third-order valence-electron chi connectivity index (χ3n) is 4.48. The molecule has 11 heteroatoms. The number of hydrogen-bond donors (Lipinski definition) is 2. The summed E-state index contributed by atoms with van der Waals surface area (Å²) in [6.07, 6.45) is 0. The molecule has 1 saturated heterocycles. The van der Waals surface area contributed by atoms with Crippen molar-refractivity contribution in [2.75, 3.05) is 50.8 Å². The SMILES string of the molecule is CCNC(=NCc1cccc(OCC)c1OC(F)F)NCCN1CCS(=O)(=O)CC1. The predicted molar refractivity (Wildman–Crippen MR) is 112 cm³/mol. The normalized spacial score (nSPS) is 17.0. The van der Waals surface area contributed by atoms with Gasteiger partial charge in [0.25, 0.3) is 0 Å². The lowest BCUT2D eigenvalue weighted by molar-refractivity contribution is -0.0520. The van der Waals surface area contributed by atoms with Gasteiger partial charge >= 0.3 is 6.61 Å². The van der Waals surface area contributed by atoms with Crippen LogP contribution >= 0.6 is 0 Å². The van der Waals surface area contributed by atoms with Crippen molar-refractivity contribution in [3.63, 3.8) is 0 Å². The zero-order valence-electron chi connectivity index (χ0n) is 17.4. The molecular weight excluding hydrogens is 418 g/mol. The average molecular weight is 449 g/mol. The van der Waals surface area contributed by atoms with Gasteiger partial charge in [-0.05, 0) is 19.9 Å². The van der Waals surface area contributed by atoms with Crippen molar-refractivity contribution in [2.24, 2.45) is 4.99 Å². The monoisotopic (exact) mass is 448 g/mol. The van der Waals surface area contributed by atoms with E-state index in [1.54, 1.807) is 25.1 Å². The van der Waals surface area contributed by atoms with Gasteiger partial charge in [0.15, 0.2) is 27.3 Å². The highest BCUT2D eigenvalue weighted by Gasteiger charge is 2.21. The van der Waals surface area contributed by atoms with Crippen LogP contribution in [0, 0.1) is 0 Å². The van der Waals surface area contributed by atoms with Crippen LogP contribution in [0.4, 0.5) is 8.78 Å². The van der Waals surface area contributed by atoms with Crippen LogP contribution < -0.4 is 20.1 Å². The maximum Gasteiger partial charge on any atom is 0.387 e. The number of ether oxygens (including phenoxy) is 2. The molecule has 2 N–H and O–H groups in total. The molecule has 1 heterocycles. The summed E-state index contributed by atoms with van der Waals surface area (Å²) in [5.74, 6) is 1.15. The minimum Gasteiger partial charge on any atom is -0.490 e. The summed E-state index contributed by atoms with van der Waals surface area (Å²) in [6, 6.07) is 4.96. The van der Waals surface area contributed by atoms with E-state index in [0.717, 1.165) is 0 Å². The predicted octanol–water partition coefficient (Wildman–Crippen LogP) is 1.47. The Kier molecular flexibility index (Phi) is 9.57. The summed E-state index contributed by atoms with van der Waals surface area (Å²) in [6.45, 7) is 4.11. The lowest BCUT2D eigenvalue weighted by Gasteiger charge is -2.26. The van der Waals surface area contributed by atoms with Gasteiger partial charge in [-0.1, -0.05) is 12.1 Å². The molecule has 30 heavy (non-hydrogen) atoms. The molecule has 1 aliphatic rings. The minimum absolute atomic E-state index is 0.0107. The third kappa shape index (κ3) is 7.94. The number of alkyl halides is 2. The fraction of sp³-hybridized carbons (Fsp3) is 0.632. The molecule has 0 aliphatic carbocycles. The summed E-state index contributed by atoms with van der Waals surface area (Å²) < 4.78 is 58.8. The van der Waals surface area contributed by atoms with Crippen molar-refractivity contribution >= 4 is 15.8 Å². The first-order valence-corrected chi connectivity index (χ1v) is 11.8. The molecule has 0 bridgehead atoms. The Labute approximate surface area is 176 Å². The molecule has 0 unspecified atom stereocenters. The Morgan fingerprint density at radius 3 is 2.60 bits per heavy atom. The Morgan fingerprint density at radius 1 is 1.23 bits per heavy atom. The quantitative estimate of drug-likeness (QED) is 0.414. The second-order valence-corrected chi connectivity index (χ2v) is 8.97. The maximum atomic E-state index is 12.9. The highest BCUT2D eigenvalue weighted by Crippen LogP contribution is 2.33. The van der Waals surface area contributed by atoms with E-state index in [0.29, 0.717) is 50.9 Å². The number of nitrogens with zero attached hydrogens (tertiary/aromatic N) is 2. The van der Waals surface area contributed by atoms with Crippen LogP contribution in [0.5, 0.6) is 11.5 Å². The van der Waals surface area contributed by atoms with Crippen LogP contribution in [-0.4, -0.2) is 76.7 Å². The maximum absolute atomic E-state index is 12.9. The van der Waals surface area contributed by atoms with Crippen molar-refractivity contribution in [2.45, 2.75) is 27.0 Å². The van der Waals surface area contributed by atoms with Crippen LogP contribution in [0.3, 0.4) is 0 Å². The van der Waals surface area contributed by atoms with Crippen LogP contribution in [0.25, 0.3) is 0 Å². The molecule has 1 aromatic rings. The summed E-state index contributed by atoms with van der Waals surface area (Å²) in [7, 11) is -2.90. The van der Waals surface area contributed by atoms with E-state index in [9.17, 15) is 17.2 Å². The Hall–Kier alpha value is -2.14. The van der Waals surface area contributed by atoms with Gasteiger partial charge in [-0.25, -0.2) is 13.4 Å². The number of para-hydroxylation sites is 1. The van der Waals surface area contributed by atoms with E-state index < -0.39 is 16.4 Å². The molecule has 1 aliphatic heterocycles. The van der Waals surface area contributed by atoms with Crippen LogP contribution in [0.1, 0.15) is 19.4 Å². The third-order valence-corrected chi connectivity index (χ3v) is 6.09. The average Bonchev–Trinajstić information content (AvgIpc) is 2.69. The highest BCUT2D eigenvalue weighted by atomic mass is 32.2. The van der Waals surface area contributed by atoms with Crippen LogP contribution in [0.2, 0.25) is 0 Å². The van der Waals surface area contributed by atoms with Gasteiger partial charge in [-0.2, -0.15) is 8.78 Å². The molecule has 0 amide bonds. The molecule has 0 atom stereocenters. The molecule has 8 nitrogen and oxygen atoms in total.